The first kappa shape index (κ1) is 24.1. The Labute approximate surface area is 192 Å². The Kier molecular flexibility index (Phi) is 9.00. The Morgan fingerprint density at radius 3 is 2.78 bits per heavy atom. The molecule has 0 unspecified atom stereocenters. The number of aromatic nitrogens is 1. The number of amides is 1. The van der Waals surface area contributed by atoms with Crippen LogP contribution in [0.1, 0.15) is 59.4 Å². The number of carbonyl (C=O) groups is 2. The number of carboxylic acids is 1. The summed E-state index contributed by atoms with van der Waals surface area (Å²) in [5.74, 6) is -2.59. The van der Waals surface area contributed by atoms with Gasteiger partial charge in [0.25, 0.3) is 5.91 Å². The van der Waals surface area contributed by atoms with Gasteiger partial charge in [-0.05, 0) is 68.7 Å². The van der Waals surface area contributed by atoms with E-state index in [0.29, 0.717) is 26.1 Å². The van der Waals surface area contributed by atoms with E-state index < -0.39 is 23.7 Å². The maximum atomic E-state index is 13.5. The molecular weight excluding hydrogens is 435 g/mol. The van der Waals surface area contributed by atoms with Crippen molar-refractivity contribution in [2.45, 2.75) is 57.4 Å². The van der Waals surface area contributed by atoms with E-state index >= 15 is 0 Å². The minimum absolute atomic E-state index is 0.0861. The molecule has 1 aromatic heterocycles. The number of nitrogens with one attached hydrogen (secondary N) is 1. The number of fused-ring (bicyclic) bond motifs is 1. The minimum atomic E-state index is -1.15. The summed E-state index contributed by atoms with van der Waals surface area (Å²) in [6, 6.07) is 7.00. The summed E-state index contributed by atoms with van der Waals surface area (Å²) < 4.78 is 19.2. The van der Waals surface area contributed by atoms with E-state index in [1.54, 1.807) is 0 Å². The number of aryl methyl sites for hydroxylation is 2. The van der Waals surface area contributed by atoms with Crippen LogP contribution in [-0.4, -0.2) is 41.2 Å². The summed E-state index contributed by atoms with van der Waals surface area (Å²) in [5, 5.41) is 11.5. The lowest BCUT2D eigenvalue weighted by molar-refractivity contribution is -0.139. The van der Waals surface area contributed by atoms with Crippen molar-refractivity contribution in [1.29, 1.82) is 0 Å². The van der Waals surface area contributed by atoms with E-state index in [4.69, 9.17) is 21.3 Å². The Hall–Kier alpha value is -2.51. The highest BCUT2D eigenvalue weighted by molar-refractivity contribution is 6.34. The first-order valence-electron chi connectivity index (χ1n) is 11.0. The number of hydrogen-bond donors (Lipinski definition) is 2. The molecule has 1 aliphatic carbocycles. The standard InChI is InChI=1S/C24H28ClFN2O4/c25-22-18(7-5-8-19(22)26)23(29)28-21(24(30)31)10-3-4-14-32-15-13-17-12-11-16-6-1-2-9-20(16)27-17/h5,7-8,11-12,21H,1-4,6,9-10,13-15H2,(H,28,29)(H,30,31)/t21-/m0/s1. The summed E-state index contributed by atoms with van der Waals surface area (Å²) >= 11 is 5.80. The van der Waals surface area contributed by atoms with Gasteiger partial charge in [0.05, 0.1) is 17.2 Å². The molecule has 2 aromatic rings. The molecule has 0 fully saturated rings. The van der Waals surface area contributed by atoms with Crippen molar-refractivity contribution in [3.8, 4) is 0 Å². The first-order valence-corrected chi connectivity index (χ1v) is 11.4. The second kappa shape index (κ2) is 11.9. The van der Waals surface area contributed by atoms with Gasteiger partial charge in [-0.25, -0.2) is 9.18 Å². The summed E-state index contributed by atoms with van der Waals surface area (Å²) in [6.07, 6.45) is 6.82. The molecule has 0 bridgehead atoms. The quantitative estimate of drug-likeness (QED) is 0.484. The Balaban J connectivity index is 1.35. The van der Waals surface area contributed by atoms with E-state index in [1.807, 2.05) is 0 Å². The van der Waals surface area contributed by atoms with Crippen molar-refractivity contribution in [3.63, 3.8) is 0 Å². The Morgan fingerprint density at radius 2 is 1.97 bits per heavy atom. The van der Waals surface area contributed by atoms with Crippen molar-refractivity contribution in [1.82, 2.24) is 10.3 Å². The number of rotatable bonds is 11. The fraction of sp³-hybridized carbons (Fsp3) is 0.458. The van der Waals surface area contributed by atoms with E-state index in [2.05, 4.69) is 17.4 Å². The van der Waals surface area contributed by atoms with Crippen LogP contribution in [0.3, 0.4) is 0 Å². The monoisotopic (exact) mass is 462 g/mol. The van der Waals surface area contributed by atoms with E-state index in [1.165, 1.54) is 36.2 Å². The van der Waals surface area contributed by atoms with Gasteiger partial charge in [0, 0.05) is 24.4 Å². The van der Waals surface area contributed by atoms with Crippen LogP contribution in [0.25, 0.3) is 0 Å². The van der Waals surface area contributed by atoms with Crippen molar-refractivity contribution in [2.75, 3.05) is 13.2 Å². The van der Waals surface area contributed by atoms with Crippen LogP contribution >= 0.6 is 11.6 Å². The van der Waals surface area contributed by atoms with E-state index in [-0.39, 0.29) is 17.0 Å². The number of halogens is 2. The number of nitrogens with zero attached hydrogens (tertiary/aromatic N) is 1. The number of benzene rings is 1. The van der Waals surface area contributed by atoms with E-state index in [0.717, 1.165) is 31.0 Å². The second-order valence-electron chi connectivity index (χ2n) is 7.94. The molecule has 0 saturated carbocycles. The summed E-state index contributed by atoms with van der Waals surface area (Å²) in [7, 11) is 0. The zero-order chi connectivity index (χ0) is 22.9. The molecule has 32 heavy (non-hydrogen) atoms. The summed E-state index contributed by atoms with van der Waals surface area (Å²) in [5.41, 5.74) is 3.53. The molecule has 3 rings (SSSR count). The van der Waals surface area contributed by atoms with Crippen LogP contribution in [0.2, 0.25) is 5.02 Å². The lowest BCUT2D eigenvalue weighted by Crippen LogP contribution is -2.40. The van der Waals surface area contributed by atoms with Gasteiger partial charge in [-0.3, -0.25) is 9.78 Å². The fourth-order valence-electron chi connectivity index (χ4n) is 3.77. The molecule has 1 aliphatic rings. The van der Waals surface area contributed by atoms with Crippen LogP contribution in [-0.2, 0) is 28.8 Å². The molecule has 0 spiro atoms. The number of ether oxygens (including phenoxy) is 1. The van der Waals surface area contributed by atoms with Gasteiger partial charge in [0.15, 0.2) is 0 Å². The zero-order valence-corrected chi connectivity index (χ0v) is 18.7. The third-order valence-corrected chi connectivity index (χ3v) is 5.95. The molecule has 0 saturated heterocycles. The number of carbonyl (C=O) groups excluding carboxylic acids is 1. The van der Waals surface area contributed by atoms with Gasteiger partial charge in [0.1, 0.15) is 11.9 Å². The molecule has 6 nitrogen and oxygen atoms in total. The van der Waals surface area contributed by atoms with Crippen molar-refractivity contribution < 1.29 is 23.8 Å². The molecule has 1 aromatic carbocycles. The molecule has 1 atom stereocenters. The molecule has 172 valence electrons. The number of pyridine rings is 1. The minimum Gasteiger partial charge on any atom is -0.480 e. The van der Waals surface area contributed by atoms with Gasteiger partial charge in [0.2, 0.25) is 0 Å². The van der Waals surface area contributed by atoms with Crippen LogP contribution in [0.15, 0.2) is 30.3 Å². The first-order chi connectivity index (χ1) is 15.5. The fourth-order valence-corrected chi connectivity index (χ4v) is 3.98. The van der Waals surface area contributed by atoms with Gasteiger partial charge >= 0.3 is 5.97 Å². The van der Waals surface area contributed by atoms with Gasteiger partial charge in [-0.2, -0.15) is 0 Å². The van der Waals surface area contributed by atoms with Crippen LogP contribution in [0.5, 0.6) is 0 Å². The third-order valence-electron chi connectivity index (χ3n) is 5.57. The largest absolute Gasteiger partial charge is 0.480 e. The maximum Gasteiger partial charge on any atom is 0.326 e. The molecule has 8 heteroatoms. The smallest absolute Gasteiger partial charge is 0.326 e. The van der Waals surface area contributed by atoms with Crippen LogP contribution < -0.4 is 5.32 Å². The zero-order valence-electron chi connectivity index (χ0n) is 17.9. The average molecular weight is 463 g/mol. The number of carboxylic acid groups (broad SMARTS) is 1. The average Bonchev–Trinajstić information content (AvgIpc) is 2.79. The molecule has 0 aliphatic heterocycles. The summed E-state index contributed by atoms with van der Waals surface area (Å²) in [6.45, 7) is 1.06. The number of unbranched alkanes of at least 4 members (excludes halogenated alkanes) is 1. The van der Waals surface area contributed by atoms with Gasteiger partial charge in [-0.15, -0.1) is 0 Å². The van der Waals surface area contributed by atoms with Crippen LogP contribution in [0, 0.1) is 5.82 Å². The molecule has 1 amide bonds. The lowest BCUT2D eigenvalue weighted by atomic mass is 9.96. The number of hydrogen-bond acceptors (Lipinski definition) is 4. The van der Waals surface area contributed by atoms with E-state index in [9.17, 15) is 19.1 Å². The molecule has 2 N–H and O–H groups in total. The normalized spacial score (nSPS) is 13.9. The molecular formula is C24H28ClFN2O4. The highest BCUT2D eigenvalue weighted by Crippen LogP contribution is 2.20. The van der Waals surface area contributed by atoms with Gasteiger partial charge in [-0.1, -0.05) is 23.7 Å². The second-order valence-corrected chi connectivity index (χ2v) is 8.32. The van der Waals surface area contributed by atoms with Crippen molar-refractivity contribution in [3.05, 3.63) is 63.7 Å². The summed E-state index contributed by atoms with van der Waals surface area (Å²) in [4.78, 5) is 28.5. The molecule has 0 radical (unpaired) electrons. The third kappa shape index (κ3) is 6.74. The van der Waals surface area contributed by atoms with Crippen molar-refractivity contribution >= 4 is 23.5 Å². The van der Waals surface area contributed by atoms with Crippen LogP contribution in [0.4, 0.5) is 4.39 Å². The predicted molar refractivity (Wildman–Crippen MR) is 120 cm³/mol. The molecule has 1 heterocycles. The Bertz CT molecular complexity index is 954. The van der Waals surface area contributed by atoms with Gasteiger partial charge < -0.3 is 15.2 Å². The topological polar surface area (TPSA) is 88.5 Å². The predicted octanol–water partition coefficient (Wildman–Crippen LogP) is 4.37. The Morgan fingerprint density at radius 1 is 1.16 bits per heavy atom. The number of aliphatic carboxylic acids is 1. The highest BCUT2D eigenvalue weighted by atomic mass is 35.5. The SMILES string of the molecule is O=C(N[C@@H](CCCCOCCc1ccc2c(n1)CCCC2)C(=O)O)c1cccc(F)c1Cl. The maximum absolute atomic E-state index is 13.5. The van der Waals surface area contributed by atoms with Crippen molar-refractivity contribution in [2.24, 2.45) is 0 Å². The lowest BCUT2D eigenvalue weighted by Gasteiger charge is -2.16. The highest BCUT2D eigenvalue weighted by Gasteiger charge is 2.22.